The van der Waals surface area contributed by atoms with Crippen LogP contribution in [0.15, 0.2) is 12.2 Å². The number of rotatable bonds is 3. The fraction of sp³-hybridized carbons (Fsp3) is 0.636. The summed E-state index contributed by atoms with van der Waals surface area (Å²) in [7, 11) is 0. The number of allylic oxidation sites excluding steroid dienone is 2. The van der Waals surface area contributed by atoms with Crippen molar-refractivity contribution in [2.75, 3.05) is 13.2 Å². The highest BCUT2D eigenvalue weighted by atomic mass is 19.3. The summed E-state index contributed by atoms with van der Waals surface area (Å²) in [6, 6.07) is 0. The number of carbonyl (C=O) groups excluding carboxylic acids is 2. The molecule has 2 rings (SSSR count). The zero-order valence-electron chi connectivity index (χ0n) is 9.10. The van der Waals surface area contributed by atoms with Crippen LogP contribution in [0, 0.1) is 11.8 Å². The average molecular weight is 245 g/mol. The Bertz CT molecular complexity index is 355. The van der Waals surface area contributed by atoms with E-state index in [9.17, 15) is 18.4 Å². The highest BCUT2D eigenvalue weighted by Gasteiger charge is 2.49. The molecule has 4 nitrogen and oxygen atoms in total. The molecule has 0 spiro atoms. The van der Waals surface area contributed by atoms with Gasteiger partial charge in [0.1, 0.15) is 6.61 Å². The minimum atomic E-state index is -3.42. The van der Waals surface area contributed by atoms with Crippen LogP contribution in [0.1, 0.15) is 12.8 Å². The van der Waals surface area contributed by atoms with Crippen molar-refractivity contribution in [2.24, 2.45) is 11.8 Å². The van der Waals surface area contributed by atoms with Crippen LogP contribution in [-0.2, 0) is 9.59 Å². The van der Waals surface area contributed by atoms with E-state index < -0.39 is 42.7 Å². The molecule has 1 N–H and O–H groups in total. The molecule has 1 aliphatic carbocycles. The van der Waals surface area contributed by atoms with Gasteiger partial charge in [-0.1, -0.05) is 12.2 Å². The molecule has 1 aliphatic heterocycles. The number of carbonyl (C=O) groups is 2. The van der Waals surface area contributed by atoms with Crippen LogP contribution in [-0.4, -0.2) is 40.9 Å². The number of imide groups is 1. The Kier molecular flexibility index (Phi) is 2.99. The lowest BCUT2D eigenvalue weighted by atomic mass is 9.85. The zero-order valence-corrected chi connectivity index (χ0v) is 9.10. The monoisotopic (exact) mass is 245 g/mol. The third-order valence-electron chi connectivity index (χ3n) is 3.22. The minimum absolute atomic E-state index is 0.427. The van der Waals surface area contributed by atoms with E-state index in [2.05, 4.69) is 0 Å². The van der Waals surface area contributed by atoms with Gasteiger partial charge in [-0.05, 0) is 12.8 Å². The summed E-state index contributed by atoms with van der Waals surface area (Å²) in [6.07, 6.45) is 4.44. The predicted molar refractivity (Wildman–Crippen MR) is 54.1 cm³/mol. The molecule has 0 saturated carbocycles. The van der Waals surface area contributed by atoms with Gasteiger partial charge in [0.15, 0.2) is 0 Å². The molecule has 6 heteroatoms. The van der Waals surface area contributed by atoms with Crippen LogP contribution >= 0.6 is 0 Å². The summed E-state index contributed by atoms with van der Waals surface area (Å²) >= 11 is 0. The topological polar surface area (TPSA) is 57.6 Å². The smallest absolute Gasteiger partial charge is 0.288 e. The van der Waals surface area contributed by atoms with Gasteiger partial charge in [-0.2, -0.15) is 0 Å². The van der Waals surface area contributed by atoms with Crippen molar-refractivity contribution in [1.29, 1.82) is 0 Å². The number of aliphatic hydroxyl groups is 1. The standard InChI is InChI=1S/C11H13F2NO3/c12-11(13,6-15)5-14-9(16)7-3-1-2-4-8(7)10(14)17/h1-2,7-8,15H,3-6H2/t7-,8+. The molecule has 0 radical (unpaired) electrons. The van der Waals surface area contributed by atoms with Crippen molar-refractivity contribution in [3.05, 3.63) is 12.2 Å². The van der Waals surface area contributed by atoms with Gasteiger partial charge in [-0.3, -0.25) is 14.5 Å². The van der Waals surface area contributed by atoms with Gasteiger partial charge in [0.2, 0.25) is 11.8 Å². The first-order chi connectivity index (χ1) is 7.96. The fourth-order valence-corrected chi connectivity index (χ4v) is 2.31. The summed E-state index contributed by atoms with van der Waals surface area (Å²) in [6.45, 7) is -2.38. The second-order valence-electron chi connectivity index (χ2n) is 4.43. The van der Waals surface area contributed by atoms with E-state index in [0.29, 0.717) is 17.7 Å². The lowest BCUT2D eigenvalue weighted by molar-refractivity contribution is -0.148. The van der Waals surface area contributed by atoms with Crippen molar-refractivity contribution < 1.29 is 23.5 Å². The number of fused-ring (bicyclic) bond motifs is 1. The van der Waals surface area contributed by atoms with Crippen LogP contribution < -0.4 is 0 Å². The Morgan fingerprint density at radius 2 is 1.71 bits per heavy atom. The Labute approximate surface area is 96.9 Å². The minimum Gasteiger partial charge on any atom is -0.390 e. The van der Waals surface area contributed by atoms with Crippen LogP contribution in [0.3, 0.4) is 0 Å². The molecule has 94 valence electrons. The van der Waals surface area contributed by atoms with Crippen molar-refractivity contribution >= 4 is 11.8 Å². The summed E-state index contributed by atoms with van der Waals surface area (Å²) in [5.41, 5.74) is 0. The van der Waals surface area contributed by atoms with Crippen molar-refractivity contribution in [3.63, 3.8) is 0 Å². The van der Waals surface area contributed by atoms with E-state index in [1.807, 2.05) is 0 Å². The number of hydrogen-bond acceptors (Lipinski definition) is 3. The molecule has 0 aromatic heterocycles. The third-order valence-corrected chi connectivity index (χ3v) is 3.22. The molecule has 0 bridgehead atoms. The van der Waals surface area contributed by atoms with Gasteiger partial charge in [-0.25, -0.2) is 8.78 Å². The first kappa shape index (κ1) is 12.2. The Morgan fingerprint density at radius 3 is 2.12 bits per heavy atom. The molecule has 1 saturated heterocycles. The summed E-state index contributed by atoms with van der Waals surface area (Å²) in [4.78, 5) is 24.2. The average Bonchev–Trinajstić information content (AvgIpc) is 2.55. The number of likely N-dealkylation sites (tertiary alicyclic amines) is 1. The van der Waals surface area contributed by atoms with Crippen LogP contribution in [0.25, 0.3) is 0 Å². The van der Waals surface area contributed by atoms with E-state index >= 15 is 0 Å². The van der Waals surface area contributed by atoms with E-state index in [0.717, 1.165) is 0 Å². The lowest BCUT2D eigenvalue weighted by Crippen LogP contribution is -2.43. The largest absolute Gasteiger partial charge is 0.390 e. The summed E-state index contributed by atoms with van der Waals surface area (Å²) in [5, 5.41) is 8.47. The van der Waals surface area contributed by atoms with E-state index in [-0.39, 0.29) is 0 Å². The Morgan fingerprint density at radius 1 is 1.24 bits per heavy atom. The maximum absolute atomic E-state index is 13.0. The number of aliphatic hydroxyl groups excluding tert-OH is 1. The quantitative estimate of drug-likeness (QED) is 0.584. The highest BCUT2D eigenvalue weighted by Crippen LogP contribution is 2.36. The van der Waals surface area contributed by atoms with Crippen LogP contribution in [0.2, 0.25) is 0 Å². The van der Waals surface area contributed by atoms with Gasteiger partial charge >= 0.3 is 0 Å². The van der Waals surface area contributed by atoms with E-state index in [1.54, 1.807) is 12.2 Å². The van der Waals surface area contributed by atoms with Gasteiger partial charge in [0, 0.05) is 0 Å². The fourth-order valence-electron chi connectivity index (χ4n) is 2.31. The number of hydrogen-bond donors (Lipinski definition) is 1. The Hall–Kier alpha value is -1.30. The van der Waals surface area contributed by atoms with Crippen LogP contribution in [0.5, 0.6) is 0 Å². The predicted octanol–water partition coefficient (Wildman–Crippen LogP) is 0.565. The molecule has 0 aromatic carbocycles. The molecule has 2 amide bonds. The van der Waals surface area contributed by atoms with Crippen LogP contribution in [0.4, 0.5) is 8.78 Å². The molecule has 2 atom stereocenters. The second-order valence-corrected chi connectivity index (χ2v) is 4.43. The van der Waals surface area contributed by atoms with Crippen molar-refractivity contribution in [2.45, 2.75) is 18.8 Å². The molecular weight excluding hydrogens is 232 g/mol. The highest BCUT2D eigenvalue weighted by molar-refractivity contribution is 6.05. The van der Waals surface area contributed by atoms with Gasteiger partial charge in [0.25, 0.3) is 5.92 Å². The zero-order chi connectivity index (χ0) is 12.6. The third kappa shape index (κ3) is 2.09. The molecule has 1 heterocycles. The van der Waals surface area contributed by atoms with Gasteiger partial charge in [0.05, 0.1) is 18.4 Å². The molecule has 2 aliphatic rings. The molecule has 17 heavy (non-hydrogen) atoms. The number of halogens is 2. The number of alkyl halides is 2. The lowest BCUT2D eigenvalue weighted by Gasteiger charge is -2.20. The molecule has 0 unspecified atom stereocenters. The molecular formula is C11H13F2NO3. The van der Waals surface area contributed by atoms with Crippen molar-refractivity contribution in [3.8, 4) is 0 Å². The van der Waals surface area contributed by atoms with Gasteiger partial charge in [-0.15, -0.1) is 0 Å². The second kappa shape index (κ2) is 4.18. The first-order valence-corrected chi connectivity index (χ1v) is 5.45. The van der Waals surface area contributed by atoms with Gasteiger partial charge < -0.3 is 5.11 Å². The normalized spacial score (nSPS) is 28.8. The molecule has 1 fully saturated rings. The summed E-state index contributed by atoms with van der Waals surface area (Å²) < 4.78 is 26.0. The number of nitrogens with zero attached hydrogens (tertiary/aromatic N) is 1. The van der Waals surface area contributed by atoms with E-state index in [4.69, 9.17) is 5.11 Å². The van der Waals surface area contributed by atoms with Crippen molar-refractivity contribution in [1.82, 2.24) is 4.90 Å². The maximum atomic E-state index is 13.0. The first-order valence-electron chi connectivity index (χ1n) is 5.45. The maximum Gasteiger partial charge on any atom is 0.288 e. The number of amides is 2. The SMILES string of the molecule is O=C1[C@H]2CC=CC[C@H]2C(=O)N1CC(F)(F)CO. The summed E-state index contributed by atoms with van der Waals surface area (Å²) in [5.74, 6) is -5.51. The van der Waals surface area contributed by atoms with E-state index in [1.165, 1.54) is 0 Å². The molecule has 0 aromatic rings. The Balaban J connectivity index is 2.16.